The zero-order valence-electron chi connectivity index (χ0n) is 8.83. The van der Waals surface area contributed by atoms with Crippen LogP contribution in [0.1, 0.15) is 25.8 Å². The van der Waals surface area contributed by atoms with Gasteiger partial charge in [0.15, 0.2) is 0 Å². The second-order valence-corrected chi connectivity index (χ2v) is 3.81. The summed E-state index contributed by atoms with van der Waals surface area (Å²) in [5.41, 5.74) is 0.583. The molecule has 78 valence electrons. The molecule has 0 spiro atoms. The Kier molecular flexibility index (Phi) is 4.04. The van der Waals surface area contributed by atoms with Crippen LogP contribution in [0.5, 0.6) is 0 Å². The van der Waals surface area contributed by atoms with Crippen molar-refractivity contribution in [1.82, 2.24) is 10.3 Å². The van der Waals surface area contributed by atoms with Gasteiger partial charge in [0.05, 0.1) is 5.60 Å². The standard InChI is InChI=1S/C11H18N2O/c1-3-11(2,14)9-13-8-10-4-6-12-7-5-10/h4-7,13-14H,3,8-9H2,1-2H3. The van der Waals surface area contributed by atoms with Crippen molar-refractivity contribution in [3.63, 3.8) is 0 Å². The van der Waals surface area contributed by atoms with Gasteiger partial charge in [-0.1, -0.05) is 6.92 Å². The van der Waals surface area contributed by atoms with Crippen LogP contribution in [0.4, 0.5) is 0 Å². The third kappa shape index (κ3) is 3.85. The summed E-state index contributed by atoms with van der Waals surface area (Å²) in [6, 6.07) is 3.93. The predicted molar refractivity (Wildman–Crippen MR) is 56.9 cm³/mol. The van der Waals surface area contributed by atoms with Crippen LogP contribution in [-0.2, 0) is 6.54 Å². The molecule has 1 rings (SSSR count). The quantitative estimate of drug-likeness (QED) is 0.743. The van der Waals surface area contributed by atoms with E-state index in [2.05, 4.69) is 10.3 Å². The molecule has 1 heterocycles. The van der Waals surface area contributed by atoms with Gasteiger partial charge in [-0.3, -0.25) is 4.98 Å². The van der Waals surface area contributed by atoms with Crippen LogP contribution in [0.2, 0.25) is 0 Å². The molecule has 1 atom stereocenters. The fraction of sp³-hybridized carbons (Fsp3) is 0.545. The van der Waals surface area contributed by atoms with Crippen LogP contribution < -0.4 is 5.32 Å². The van der Waals surface area contributed by atoms with Crippen LogP contribution in [0.25, 0.3) is 0 Å². The van der Waals surface area contributed by atoms with E-state index >= 15 is 0 Å². The summed E-state index contributed by atoms with van der Waals surface area (Å²) >= 11 is 0. The average molecular weight is 194 g/mol. The van der Waals surface area contributed by atoms with E-state index in [0.29, 0.717) is 6.54 Å². The minimum Gasteiger partial charge on any atom is -0.389 e. The average Bonchev–Trinajstić information content (AvgIpc) is 2.19. The molecule has 1 unspecified atom stereocenters. The zero-order chi connectivity index (χ0) is 10.4. The highest BCUT2D eigenvalue weighted by Gasteiger charge is 2.15. The van der Waals surface area contributed by atoms with E-state index in [1.165, 1.54) is 5.56 Å². The predicted octanol–water partition coefficient (Wildman–Crippen LogP) is 1.33. The number of nitrogens with zero attached hydrogens (tertiary/aromatic N) is 1. The van der Waals surface area contributed by atoms with Crippen molar-refractivity contribution in [2.75, 3.05) is 6.54 Å². The summed E-state index contributed by atoms with van der Waals surface area (Å²) in [4.78, 5) is 3.94. The molecular formula is C11H18N2O. The molecule has 2 N–H and O–H groups in total. The van der Waals surface area contributed by atoms with Gasteiger partial charge < -0.3 is 10.4 Å². The van der Waals surface area contributed by atoms with Crippen molar-refractivity contribution in [2.24, 2.45) is 0 Å². The molecule has 0 bridgehead atoms. The topological polar surface area (TPSA) is 45.1 Å². The summed E-state index contributed by atoms with van der Waals surface area (Å²) < 4.78 is 0. The molecule has 0 fully saturated rings. The molecule has 3 heteroatoms. The van der Waals surface area contributed by atoms with Gasteiger partial charge in [0, 0.05) is 25.5 Å². The molecule has 0 aromatic carbocycles. The van der Waals surface area contributed by atoms with E-state index in [1.807, 2.05) is 26.0 Å². The van der Waals surface area contributed by atoms with Gasteiger partial charge in [0.2, 0.25) is 0 Å². The zero-order valence-corrected chi connectivity index (χ0v) is 8.83. The third-order valence-electron chi connectivity index (χ3n) is 2.35. The Balaban J connectivity index is 2.29. The van der Waals surface area contributed by atoms with Crippen LogP contribution in [-0.4, -0.2) is 22.2 Å². The number of aliphatic hydroxyl groups is 1. The SMILES string of the molecule is CCC(C)(O)CNCc1ccncc1. The molecule has 1 aromatic rings. The summed E-state index contributed by atoms with van der Waals surface area (Å²) in [6.45, 7) is 5.21. The van der Waals surface area contributed by atoms with Crippen LogP contribution in [0, 0.1) is 0 Å². The Labute approximate surface area is 85.2 Å². The van der Waals surface area contributed by atoms with E-state index in [1.54, 1.807) is 12.4 Å². The summed E-state index contributed by atoms with van der Waals surface area (Å²) in [5, 5.41) is 12.9. The van der Waals surface area contributed by atoms with E-state index in [9.17, 15) is 5.11 Å². The lowest BCUT2D eigenvalue weighted by atomic mass is 10.0. The lowest BCUT2D eigenvalue weighted by Gasteiger charge is -2.21. The van der Waals surface area contributed by atoms with Crippen molar-refractivity contribution in [3.8, 4) is 0 Å². The number of pyridine rings is 1. The van der Waals surface area contributed by atoms with E-state index in [0.717, 1.165) is 13.0 Å². The highest BCUT2D eigenvalue weighted by atomic mass is 16.3. The number of aromatic nitrogens is 1. The van der Waals surface area contributed by atoms with Gasteiger partial charge in [-0.25, -0.2) is 0 Å². The first-order valence-electron chi connectivity index (χ1n) is 4.96. The Morgan fingerprint density at radius 3 is 2.64 bits per heavy atom. The number of rotatable bonds is 5. The minimum absolute atomic E-state index is 0.604. The third-order valence-corrected chi connectivity index (χ3v) is 2.35. The van der Waals surface area contributed by atoms with E-state index in [4.69, 9.17) is 0 Å². The molecule has 0 aliphatic rings. The highest BCUT2D eigenvalue weighted by molar-refractivity contribution is 5.09. The molecule has 0 saturated carbocycles. The van der Waals surface area contributed by atoms with E-state index < -0.39 is 5.60 Å². The van der Waals surface area contributed by atoms with Gasteiger partial charge in [-0.2, -0.15) is 0 Å². The molecule has 0 radical (unpaired) electrons. The molecule has 3 nitrogen and oxygen atoms in total. The number of hydrogen-bond donors (Lipinski definition) is 2. The van der Waals surface area contributed by atoms with E-state index in [-0.39, 0.29) is 0 Å². The first kappa shape index (κ1) is 11.1. The number of hydrogen-bond acceptors (Lipinski definition) is 3. The Bertz CT molecular complexity index is 259. The van der Waals surface area contributed by atoms with Gasteiger partial charge in [0.25, 0.3) is 0 Å². The largest absolute Gasteiger partial charge is 0.389 e. The fourth-order valence-electron chi connectivity index (χ4n) is 1.10. The van der Waals surface area contributed by atoms with Crippen LogP contribution in [0.3, 0.4) is 0 Å². The second-order valence-electron chi connectivity index (χ2n) is 3.81. The van der Waals surface area contributed by atoms with Gasteiger partial charge in [-0.15, -0.1) is 0 Å². The molecule has 0 amide bonds. The maximum absolute atomic E-state index is 9.73. The molecule has 14 heavy (non-hydrogen) atoms. The molecule has 0 aliphatic carbocycles. The monoisotopic (exact) mass is 194 g/mol. The van der Waals surface area contributed by atoms with Crippen LogP contribution in [0.15, 0.2) is 24.5 Å². The Hall–Kier alpha value is -0.930. The second kappa shape index (κ2) is 5.08. The normalized spacial score (nSPS) is 15.1. The first-order valence-corrected chi connectivity index (χ1v) is 4.96. The van der Waals surface area contributed by atoms with Crippen molar-refractivity contribution >= 4 is 0 Å². The molecule has 0 aliphatic heterocycles. The maximum atomic E-state index is 9.73. The smallest absolute Gasteiger partial charge is 0.0741 e. The van der Waals surface area contributed by atoms with Crippen molar-refractivity contribution in [1.29, 1.82) is 0 Å². The van der Waals surface area contributed by atoms with Crippen LogP contribution >= 0.6 is 0 Å². The lowest BCUT2D eigenvalue weighted by Crippen LogP contribution is -2.36. The van der Waals surface area contributed by atoms with Crippen molar-refractivity contribution in [2.45, 2.75) is 32.4 Å². The highest BCUT2D eigenvalue weighted by Crippen LogP contribution is 2.06. The molecule has 0 saturated heterocycles. The molecule has 1 aromatic heterocycles. The Morgan fingerprint density at radius 1 is 1.43 bits per heavy atom. The van der Waals surface area contributed by atoms with Gasteiger partial charge in [-0.05, 0) is 31.0 Å². The summed E-state index contributed by atoms with van der Waals surface area (Å²) in [5.74, 6) is 0. The van der Waals surface area contributed by atoms with Gasteiger partial charge >= 0.3 is 0 Å². The van der Waals surface area contributed by atoms with Crippen molar-refractivity contribution < 1.29 is 5.11 Å². The molecular weight excluding hydrogens is 176 g/mol. The summed E-state index contributed by atoms with van der Waals surface area (Å²) in [6.07, 6.45) is 4.31. The first-order chi connectivity index (χ1) is 6.64. The van der Waals surface area contributed by atoms with Crippen molar-refractivity contribution in [3.05, 3.63) is 30.1 Å². The Morgan fingerprint density at radius 2 is 2.07 bits per heavy atom. The minimum atomic E-state index is -0.604. The fourth-order valence-corrected chi connectivity index (χ4v) is 1.10. The lowest BCUT2D eigenvalue weighted by molar-refractivity contribution is 0.0555. The van der Waals surface area contributed by atoms with Gasteiger partial charge in [0.1, 0.15) is 0 Å². The number of nitrogens with one attached hydrogen (secondary N) is 1. The maximum Gasteiger partial charge on any atom is 0.0741 e. The summed E-state index contributed by atoms with van der Waals surface area (Å²) in [7, 11) is 0.